The molecular weight excluding hydrogens is 462 g/mol. The van der Waals surface area contributed by atoms with Gasteiger partial charge in [-0.2, -0.15) is 15.1 Å². The number of amides is 1. The summed E-state index contributed by atoms with van der Waals surface area (Å²) in [6.45, 7) is 2.44. The summed E-state index contributed by atoms with van der Waals surface area (Å²) in [6, 6.07) is 17.1. The second-order valence-corrected chi connectivity index (χ2v) is 8.81. The lowest BCUT2D eigenvalue weighted by Gasteiger charge is -2.20. The number of aryl methyl sites for hydroxylation is 1. The minimum atomic E-state index is -0.491. The molecule has 2 aliphatic rings. The van der Waals surface area contributed by atoms with E-state index in [1.54, 1.807) is 43.8 Å². The zero-order valence-electron chi connectivity index (χ0n) is 19.1. The molecule has 8 nitrogen and oxygen atoms in total. The van der Waals surface area contributed by atoms with Crippen LogP contribution in [0.25, 0.3) is 6.08 Å². The van der Waals surface area contributed by atoms with Crippen molar-refractivity contribution in [1.29, 1.82) is 5.41 Å². The largest absolute Gasteiger partial charge is 0.493 e. The Morgan fingerprint density at radius 3 is 2.77 bits per heavy atom. The molecular formula is C26H21N5O3S. The van der Waals surface area contributed by atoms with Crippen molar-refractivity contribution in [2.75, 3.05) is 7.11 Å². The zero-order valence-corrected chi connectivity index (χ0v) is 19.9. The second-order valence-electron chi connectivity index (χ2n) is 7.85. The van der Waals surface area contributed by atoms with Gasteiger partial charge in [0.1, 0.15) is 11.7 Å². The number of carbonyl (C=O) groups is 1. The first-order valence-corrected chi connectivity index (χ1v) is 11.6. The minimum absolute atomic E-state index is 0.0369. The molecule has 0 unspecified atom stereocenters. The summed E-state index contributed by atoms with van der Waals surface area (Å²) in [6.07, 6.45) is 4.97. The van der Waals surface area contributed by atoms with Crippen molar-refractivity contribution in [1.82, 2.24) is 9.99 Å². The Bertz CT molecular complexity index is 1420. The van der Waals surface area contributed by atoms with Gasteiger partial charge in [0.15, 0.2) is 17.3 Å². The van der Waals surface area contributed by atoms with Crippen molar-refractivity contribution in [2.45, 2.75) is 13.5 Å². The van der Waals surface area contributed by atoms with Crippen LogP contribution in [0.15, 0.2) is 82.7 Å². The Morgan fingerprint density at radius 1 is 1.11 bits per heavy atom. The Kier molecular flexibility index (Phi) is 6.15. The first-order valence-electron chi connectivity index (χ1n) is 10.8. The number of nitrogens with zero attached hydrogens (tertiary/aromatic N) is 4. The first kappa shape index (κ1) is 22.5. The Morgan fingerprint density at radius 2 is 2.00 bits per heavy atom. The summed E-state index contributed by atoms with van der Waals surface area (Å²) in [5.74, 6) is 0.586. The molecule has 0 bridgehead atoms. The zero-order chi connectivity index (χ0) is 24.4. The van der Waals surface area contributed by atoms with Gasteiger partial charge in [-0.3, -0.25) is 15.2 Å². The fourth-order valence-electron chi connectivity index (χ4n) is 3.62. The van der Waals surface area contributed by atoms with Crippen LogP contribution in [0.4, 0.5) is 0 Å². The van der Waals surface area contributed by atoms with Crippen LogP contribution in [-0.4, -0.2) is 39.1 Å². The lowest BCUT2D eigenvalue weighted by atomic mass is 10.1. The number of nitrogens with one attached hydrogen (secondary N) is 1. The third-order valence-corrected chi connectivity index (χ3v) is 6.30. The van der Waals surface area contributed by atoms with Gasteiger partial charge in [0.2, 0.25) is 5.17 Å². The number of benzene rings is 2. The summed E-state index contributed by atoms with van der Waals surface area (Å²) >= 11 is 1.24. The second kappa shape index (κ2) is 9.55. The average Bonchev–Trinajstić information content (AvgIpc) is 3.30. The standard InChI is InChI=1S/C26H21N5O3S/c1-16-5-3-6-18(11-16)15-34-21-9-8-17(13-22(21)33-2)12-20-23(27)31-26(29-24(20)32)35-25(30-31)19-7-4-10-28-14-19/h3-14,27H,15H2,1-2H3. The number of pyridine rings is 1. The van der Waals surface area contributed by atoms with Gasteiger partial charge in [0, 0.05) is 18.0 Å². The number of thioether (sulfide) groups is 1. The maximum Gasteiger partial charge on any atom is 0.283 e. The number of hydrogen-bond acceptors (Lipinski definition) is 7. The van der Waals surface area contributed by atoms with Crippen LogP contribution in [0.5, 0.6) is 11.5 Å². The molecule has 3 aromatic rings. The Hall–Kier alpha value is -4.24. The summed E-state index contributed by atoms with van der Waals surface area (Å²) in [4.78, 5) is 21.0. The number of aromatic nitrogens is 1. The maximum atomic E-state index is 12.7. The van der Waals surface area contributed by atoms with E-state index in [9.17, 15) is 4.79 Å². The monoisotopic (exact) mass is 483 g/mol. The third kappa shape index (κ3) is 4.71. The van der Waals surface area contributed by atoms with E-state index in [0.717, 1.165) is 11.1 Å². The molecule has 1 N–H and O–H groups in total. The Balaban J connectivity index is 1.38. The molecule has 174 valence electrons. The van der Waals surface area contributed by atoms with Crippen LogP contribution >= 0.6 is 11.8 Å². The molecule has 1 amide bonds. The van der Waals surface area contributed by atoms with E-state index in [0.29, 0.717) is 33.9 Å². The van der Waals surface area contributed by atoms with Crippen molar-refractivity contribution >= 4 is 39.8 Å². The van der Waals surface area contributed by atoms with Crippen LogP contribution in [0.3, 0.4) is 0 Å². The fourth-order valence-corrected chi connectivity index (χ4v) is 4.50. The number of hydrogen-bond donors (Lipinski definition) is 1. The molecule has 0 radical (unpaired) electrons. The molecule has 0 saturated carbocycles. The van der Waals surface area contributed by atoms with Crippen molar-refractivity contribution in [3.8, 4) is 11.5 Å². The smallest absolute Gasteiger partial charge is 0.283 e. The van der Waals surface area contributed by atoms with Crippen LogP contribution in [-0.2, 0) is 11.4 Å². The van der Waals surface area contributed by atoms with Crippen molar-refractivity contribution < 1.29 is 14.3 Å². The van der Waals surface area contributed by atoms with Crippen LogP contribution in [0.1, 0.15) is 22.3 Å². The predicted molar refractivity (Wildman–Crippen MR) is 137 cm³/mol. The van der Waals surface area contributed by atoms with E-state index in [-0.39, 0.29) is 11.4 Å². The number of aliphatic imine (C=N–C) groups is 1. The van der Waals surface area contributed by atoms with Crippen LogP contribution in [0, 0.1) is 12.3 Å². The maximum absolute atomic E-state index is 12.7. The van der Waals surface area contributed by atoms with Gasteiger partial charge in [0.25, 0.3) is 5.91 Å². The van der Waals surface area contributed by atoms with E-state index in [1.165, 1.54) is 22.3 Å². The number of methoxy groups -OCH3 is 1. The molecule has 0 aliphatic carbocycles. The van der Waals surface area contributed by atoms with Gasteiger partial charge >= 0.3 is 0 Å². The predicted octanol–water partition coefficient (Wildman–Crippen LogP) is 4.65. The molecule has 9 heteroatoms. The topological polar surface area (TPSA) is 100 Å². The first-order chi connectivity index (χ1) is 17.0. The molecule has 2 aromatic carbocycles. The quantitative estimate of drug-likeness (QED) is 0.513. The fraction of sp³-hybridized carbons (Fsp3) is 0.115. The van der Waals surface area contributed by atoms with Crippen LogP contribution in [0.2, 0.25) is 0 Å². The third-order valence-electron chi connectivity index (χ3n) is 5.34. The summed E-state index contributed by atoms with van der Waals surface area (Å²) in [5.41, 5.74) is 3.84. The highest BCUT2D eigenvalue weighted by Gasteiger charge is 2.36. The molecule has 3 heterocycles. The highest BCUT2D eigenvalue weighted by atomic mass is 32.2. The molecule has 1 aromatic heterocycles. The van der Waals surface area contributed by atoms with E-state index in [4.69, 9.17) is 14.9 Å². The summed E-state index contributed by atoms with van der Waals surface area (Å²) in [7, 11) is 1.56. The molecule has 35 heavy (non-hydrogen) atoms. The minimum Gasteiger partial charge on any atom is -0.493 e. The van der Waals surface area contributed by atoms with Crippen LogP contribution < -0.4 is 9.47 Å². The number of hydrazone groups is 1. The van der Waals surface area contributed by atoms with Gasteiger partial charge in [0.05, 0.1) is 12.7 Å². The van der Waals surface area contributed by atoms with Gasteiger partial charge in [-0.15, -0.1) is 0 Å². The number of carbonyl (C=O) groups excluding carboxylic acids is 1. The van der Waals surface area contributed by atoms with Crippen molar-refractivity contribution in [3.05, 3.63) is 94.8 Å². The highest BCUT2D eigenvalue weighted by Crippen LogP contribution is 2.33. The van der Waals surface area contributed by atoms with E-state index >= 15 is 0 Å². The normalized spacial score (nSPS) is 16.2. The number of amidine groups is 2. The van der Waals surface area contributed by atoms with Gasteiger partial charge in [-0.05, 0) is 60.2 Å². The summed E-state index contributed by atoms with van der Waals surface area (Å²) < 4.78 is 11.5. The number of fused-ring (bicyclic) bond motifs is 1. The molecule has 0 atom stereocenters. The Labute approximate surface area is 206 Å². The molecule has 5 rings (SSSR count). The van der Waals surface area contributed by atoms with Crippen molar-refractivity contribution in [3.63, 3.8) is 0 Å². The molecule has 2 aliphatic heterocycles. The molecule has 0 spiro atoms. The summed E-state index contributed by atoms with van der Waals surface area (Å²) in [5, 5.41) is 15.4. The number of ether oxygens (including phenoxy) is 2. The molecule has 0 saturated heterocycles. The van der Waals surface area contributed by atoms with Gasteiger partial charge < -0.3 is 9.47 Å². The SMILES string of the molecule is COc1cc(C=C2C(=N)N3N=C(c4cccnc4)SC3=NC2=O)ccc1OCc1cccc(C)c1. The van der Waals surface area contributed by atoms with E-state index in [1.807, 2.05) is 37.3 Å². The lowest BCUT2D eigenvalue weighted by molar-refractivity contribution is -0.114. The molecule has 0 fully saturated rings. The van der Waals surface area contributed by atoms with Gasteiger partial charge in [-0.25, -0.2) is 0 Å². The average molecular weight is 484 g/mol. The highest BCUT2D eigenvalue weighted by molar-refractivity contribution is 8.27. The lowest BCUT2D eigenvalue weighted by Crippen LogP contribution is -2.35. The van der Waals surface area contributed by atoms with E-state index < -0.39 is 5.91 Å². The van der Waals surface area contributed by atoms with Crippen molar-refractivity contribution in [2.24, 2.45) is 10.1 Å². The number of rotatable bonds is 6. The van der Waals surface area contributed by atoms with E-state index in [2.05, 4.69) is 21.1 Å². The van der Waals surface area contributed by atoms with Gasteiger partial charge in [-0.1, -0.05) is 35.9 Å².